The zero-order chi connectivity index (χ0) is 14.9. The molecule has 2 rings (SSSR count). The van der Waals surface area contributed by atoms with Crippen molar-refractivity contribution in [1.29, 1.82) is 0 Å². The average molecular weight is 314 g/mol. The minimum atomic E-state index is -4.37. The van der Waals surface area contributed by atoms with Crippen LogP contribution in [0.5, 0.6) is 0 Å². The molecule has 0 aromatic rings. The molecule has 4 atom stereocenters. The lowest BCUT2D eigenvalue weighted by atomic mass is 9.66. The summed E-state index contributed by atoms with van der Waals surface area (Å²) in [6.45, 7) is 0. The molecule has 20 heavy (non-hydrogen) atoms. The maximum absolute atomic E-state index is 13.2. The Morgan fingerprint density at radius 3 is 2.20 bits per heavy atom. The molecule has 0 N–H and O–H groups in total. The Labute approximate surface area is 121 Å². The number of halogens is 4. The second-order valence-corrected chi connectivity index (χ2v) is 6.61. The first-order chi connectivity index (χ1) is 9.30. The standard InChI is InChI=1S/C13H19ClF3NO2/c14-11-6-9(8-4-2-1-3-5-8)10(13(15,16)17)7-12(11)18(19)20/h8-12H,1-7H2. The van der Waals surface area contributed by atoms with Crippen LogP contribution in [0, 0.1) is 27.9 Å². The molecule has 2 aliphatic carbocycles. The van der Waals surface area contributed by atoms with Crippen LogP contribution in [0.3, 0.4) is 0 Å². The van der Waals surface area contributed by atoms with Crippen molar-refractivity contribution in [2.75, 3.05) is 0 Å². The predicted octanol–water partition coefficient (Wildman–Crippen LogP) is 4.41. The summed E-state index contributed by atoms with van der Waals surface area (Å²) in [6, 6.07) is -1.27. The molecule has 0 aliphatic heterocycles. The maximum atomic E-state index is 13.2. The van der Waals surface area contributed by atoms with Crippen LogP contribution < -0.4 is 0 Å². The second kappa shape index (κ2) is 6.08. The molecular weight excluding hydrogens is 295 g/mol. The largest absolute Gasteiger partial charge is 0.392 e. The summed E-state index contributed by atoms with van der Waals surface area (Å²) in [5, 5.41) is 10.1. The van der Waals surface area contributed by atoms with Gasteiger partial charge in [0.05, 0.1) is 5.92 Å². The Balaban J connectivity index is 2.17. The van der Waals surface area contributed by atoms with Gasteiger partial charge in [0.2, 0.25) is 6.04 Å². The van der Waals surface area contributed by atoms with Gasteiger partial charge in [0.15, 0.2) is 0 Å². The molecule has 0 aromatic carbocycles. The van der Waals surface area contributed by atoms with Gasteiger partial charge in [-0.15, -0.1) is 11.6 Å². The normalized spacial score (nSPS) is 36.8. The molecule has 2 aliphatic rings. The van der Waals surface area contributed by atoms with Gasteiger partial charge in [-0.3, -0.25) is 10.1 Å². The van der Waals surface area contributed by atoms with E-state index in [-0.39, 0.29) is 12.3 Å². The van der Waals surface area contributed by atoms with Gasteiger partial charge in [-0.25, -0.2) is 0 Å². The van der Waals surface area contributed by atoms with Crippen LogP contribution in [0.1, 0.15) is 44.9 Å². The molecule has 0 saturated heterocycles. The van der Waals surface area contributed by atoms with Gasteiger partial charge in [-0.2, -0.15) is 13.2 Å². The lowest BCUT2D eigenvalue weighted by molar-refractivity contribution is -0.530. The van der Waals surface area contributed by atoms with Gasteiger partial charge >= 0.3 is 6.18 Å². The van der Waals surface area contributed by atoms with Crippen molar-refractivity contribution in [2.24, 2.45) is 17.8 Å². The monoisotopic (exact) mass is 313 g/mol. The van der Waals surface area contributed by atoms with Crippen molar-refractivity contribution in [3.63, 3.8) is 0 Å². The Kier molecular flexibility index (Phi) is 4.82. The van der Waals surface area contributed by atoms with E-state index in [1.165, 1.54) is 0 Å². The summed E-state index contributed by atoms with van der Waals surface area (Å²) in [7, 11) is 0. The number of hydrogen-bond donors (Lipinski definition) is 0. The highest BCUT2D eigenvalue weighted by atomic mass is 35.5. The summed E-state index contributed by atoms with van der Waals surface area (Å²) >= 11 is 6.00. The van der Waals surface area contributed by atoms with Crippen molar-refractivity contribution in [3.05, 3.63) is 10.1 Å². The Morgan fingerprint density at radius 2 is 1.70 bits per heavy atom. The van der Waals surface area contributed by atoms with E-state index in [1.807, 2.05) is 0 Å². The summed E-state index contributed by atoms with van der Waals surface area (Å²) in [5.41, 5.74) is 0. The number of alkyl halides is 4. The van der Waals surface area contributed by atoms with Crippen molar-refractivity contribution >= 4 is 11.6 Å². The third-order valence-electron chi connectivity index (χ3n) is 4.87. The molecule has 2 saturated carbocycles. The fourth-order valence-corrected chi connectivity index (χ4v) is 4.24. The molecule has 4 unspecified atom stereocenters. The molecule has 2 fully saturated rings. The van der Waals surface area contributed by atoms with Crippen molar-refractivity contribution in [2.45, 2.75) is 62.5 Å². The van der Waals surface area contributed by atoms with Crippen LogP contribution >= 0.6 is 11.6 Å². The van der Waals surface area contributed by atoms with E-state index in [2.05, 4.69) is 0 Å². The van der Waals surface area contributed by atoms with E-state index in [9.17, 15) is 23.3 Å². The number of nitro groups is 1. The Hall–Kier alpha value is -0.520. The molecule has 7 heteroatoms. The third kappa shape index (κ3) is 3.38. The van der Waals surface area contributed by atoms with Gasteiger partial charge < -0.3 is 0 Å². The number of nitrogens with zero attached hydrogens (tertiary/aromatic N) is 1. The molecule has 116 valence electrons. The summed E-state index contributed by atoms with van der Waals surface area (Å²) in [4.78, 5) is 10.2. The SMILES string of the molecule is O=[N+]([O-])C1CC(C(F)(F)F)C(C2CCCCC2)CC1Cl. The highest BCUT2D eigenvalue weighted by Crippen LogP contribution is 2.49. The van der Waals surface area contributed by atoms with E-state index in [4.69, 9.17) is 11.6 Å². The Morgan fingerprint density at radius 1 is 1.10 bits per heavy atom. The molecule has 0 radical (unpaired) electrons. The van der Waals surface area contributed by atoms with Crippen LogP contribution in [0.25, 0.3) is 0 Å². The third-order valence-corrected chi connectivity index (χ3v) is 5.34. The first-order valence-corrected chi connectivity index (χ1v) is 7.58. The van der Waals surface area contributed by atoms with Crippen molar-refractivity contribution in [3.8, 4) is 0 Å². The summed E-state index contributed by atoms with van der Waals surface area (Å²) < 4.78 is 39.7. The number of hydrogen-bond acceptors (Lipinski definition) is 2. The zero-order valence-electron chi connectivity index (χ0n) is 11.1. The quantitative estimate of drug-likeness (QED) is 0.430. The van der Waals surface area contributed by atoms with Gasteiger partial charge in [-0.1, -0.05) is 32.1 Å². The highest BCUT2D eigenvalue weighted by molar-refractivity contribution is 6.21. The zero-order valence-corrected chi connectivity index (χ0v) is 11.9. The summed E-state index contributed by atoms with van der Waals surface area (Å²) in [6.07, 6.45) is -0.147. The van der Waals surface area contributed by atoms with E-state index in [1.54, 1.807) is 0 Å². The van der Waals surface area contributed by atoms with Crippen molar-refractivity contribution in [1.82, 2.24) is 0 Å². The molecule has 0 spiro atoms. The van der Waals surface area contributed by atoms with E-state index in [0.29, 0.717) is 0 Å². The average Bonchev–Trinajstić information content (AvgIpc) is 2.37. The fourth-order valence-electron chi connectivity index (χ4n) is 3.84. The molecule has 0 amide bonds. The molecular formula is C13H19ClF3NO2. The molecule has 3 nitrogen and oxygen atoms in total. The summed E-state index contributed by atoms with van der Waals surface area (Å²) in [5.74, 6) is -2.10. The molecule has 0 aromatic heterocycles. The topological polar surface area (TPSA) is 43.1 Å². The minimum Gasteiger partial charge on any atom is -0.264 e. The van der Waals surface area contributed by atoms with E-state index in [0.717, 1.165) is 32.1 Å². The van der Waals surface area contributed by atoms with Gasteiger partial charge in [0, 0.05) is 11.3 Å². The Bertz CT molecular complexity index is 358. The highest BCUT2D eigenvalue weighted by Gasteiger charge is 2.55. The van der Waals surface area contributed by atoms with Crippen LogP contribution in [0.15, 0.2) is 0 Å². The van der Waals surface area contributed by atoms with E-state index < -0.39 is 40.8 Å². The predicted molar refractivity (Wildman–Crippen MR) is 69.3 cm³/mol. The lowest BCUT2D eigenvalue weighted by Crippen LogP contribution is -2.48. The first-order valence-electron chi connectivity index (χ1n) is 7.15. The fraction of sp³-hybridized carbons (Fsp3) is 1.00. The van der Waals surface area contributed by atoms with Crippen LogP contribution in [0.4, 0.5) is 13.2 Å². The van der Waals surface area contributed by atoms with E-state index >= 15 is 0 Å². The minimum absolute atomic E-state index is 0.0179. The first kappa shape index (κ1) is 15.9. The van der Waals surface area contributed by atoms with Gasteiger partial charge in [-0.05, 0) is 18.3 Å². The smallest absolute Gasteiger partial charge is 0.264 e. The molecule has 0 heterocycles. The second-order valence-electron chi connectivity index (χ2n) is 6.05. The maximum Gasteiger partial charge on any atom is 0.392 e. The van der Waals surface area contributed by atoms with Crippen LogP contribution in [0.2, 0.25) is 0 Å². The van der Waals surface area contributed by atoms with Crippen molar-refractivity contribution < 1.29 is 18.1 Å². The van der Waals surface area contributed by atoms with Crippen LogP contribution in [-0.2, 0) is 0 Å². The number of rotatable bonds is 2. The molecule has 0 bridgehead atoms. The van der Waals surface area contributed by atoms with Crippen LogP contribution in [-0.4, -0.2) is 22.5 Å². The van der Waals surface area contributed by atoms with Gasteiger partial charge in [0.25, 0.3) is 0 Å². The van der Waals surface area contributed by atoms with Gasteiger partial charge in [0.1, 0.15) is 5.38 Å². The lowest BCUT2D eigenvalue weighted by Gasteiger charge is -2.41.